The number of carbonyl (C=O) groups excluding carboxylic acids is 1. The number of hydrogen-bond donors (Lipinski definition) is 0. The third-order valence-electron chi connectivity index (χ3n) is 0.126. The van der Waals surface area contributed by atoms with Crippen molar-refractivity contribution in [2.45, 2.75) is 0 Å². The summed E-state index contributed by atoms with van der Waals surface area (Å²) in [6.07, 6.45) is -1.13. The van der Waals surface area contributed by atoms with Gasteiger partial charge >= 0.3 is 65.3 Å². The van der Waals surface area contributed by atoms with Gasteiger partial charge in [0.1, 0.15) is 23.7 Å². The van der Waals surface area contributed by atoms with E-state index in [0.29, 0.717) is 0 Å². The van der Waals surface area contributed by atoms with E-state index in [1.807, 2.05) is 0 Å². The molecular formula is CH2Cl2Na2O3. The van der Waals surface area contributed by atoms with Gasteiger partial charge in [-0.05, 0) is 0 Å². The first-order valence-electron chi connectivity index (χ1n) is 0.921. The molecule has 8 heavy (non-hydrogen) atoms. The van der Waals surface area contributed by atoms with Crippen LogP contribution in [0.1, 0.15) is 0 Å². The molecule has 0 aromatic carbocycles. The van der Waals surface area contributed by atoms with Crippen molar-refractivity contribution in [1.82, 2.24) is 0 Å². The summed E-state index contributed by atoms with van der Waals surface area (Å²) in [6.45, 7) is 0. The Balaban J connectivity index is -0.000000125. The second kappa shape index (κ2) is 11.6. The van der Waals surface area contributed by atoms with Crippen molar-refractivity contribution in [3.8, 4) is 0 Å². The number of halogens is 2. The summed E-state index contributed by atoms with van der Waals surface area (Å²) in [5.74, 6) is 0. The predicted octanol–water partition coefficient (Wildman–Crippen LogP) is 0.150. The summed E-state index contributed by atoms with van der Waals surface area (Å²) in [5, 5.41) is 0. The number of hydrogen-bond acceptors (Lipinski definition) is 3. The molecule has 0 aliphatic carbocycles. The van der Waals surface area contributed by atoms with E-state index in [2.05, 4.69) is 32.3 Å². The van der Waals surface area contributed by atoms with Gasteiger partial charge in [-0.25, -0.2) is 4.79 Å². The molecule has 0 atom stereocenters. The molecular weight excluding hydrogens is 177 g/mol. The van der Waals surface area contributed by atoms with Crippen LogP contribution in [0.2, 0.25) is 0 Å². The van der Waals surface area contributed by atoms with Crippen LogP contribution in [0.25, 0.3) is 0 Å². The molecule has 0 amide bonds. The van der Waals surface area contributed by atoms with Gasteiger partial charge in [-0.15, -0.1) is 0 Å². The topological polar surface area (TPSA) is 35.5 Å². The SMILES string of the molecule is O=C(OCl)OCl.[NaH].[NaH]. The molecule has 0 saturated heterocycles. The minimum atomic E-state index is -1.13. The van der Waals surface area contributed by atoms with Crippen LogP contribution in [-0.4, -0.2) is 65.3 Å². The van der Waals surface area contributed by atoms with Crippen molar-refractivity contribution in [2.24, 2.45) is 0 Å². The molecule has 0 bridgehead atoms. The zero-order valence-corrected chi connectivity index (χ0v) is 3.99. The van der Waals surface area contributed by atoms with Crippen LogP contribution in [0, 0.1) is 0 Å². The normalized spacial score (nSPS) is 5.25. The Labute approximate surface area is 101 Å². The van der Waals surface area contributed by atoms with E-state index in [1.165, 1.54) is 0 Å². The van der Waals surface area contributed by atoms with Gasteiger partial charge in [0.25, 0.3) is 0 Å². The average molecular weight is 179 g/mol. The molecule has 0 rings (SSSR count). The zero-order chi connectivity index (χ0) is 4.99. The van der Waals surface area contributed by atoms with Gasteiger partial charge < -0.3 is 8.58 Å². The molecule has 0 spiro atoms. The molecule has 7 heteroatoms. The molecule has 0 heterocycles. The van der Waals surface area contributed by atoms with E-state index in [1.54, 1.807) is 0 Å². The summed E-state index contributed by atoms with van der Waals surface area (Å²) in [5.41, 5.74) is 0. The standard InChI is InChI=1S/CCl2O3.2Na.2H/c2-5-1(4)6-3;;;;. The van der Waals surface area contributed by atoms with Crippen LogP contribution in [0.15, 0.2) is 0 Å². The first-order chi connectivity index (χ1) is 2.81. The second-order valence-corrected chi connectivity index (χ2v) is 0.713. The average Bonchev–Trinajstić information content (AvgIpc) is 1.65. The third kappa shape index (κ3) is 10.8. The maximum absolute atomic E-state index is 9.47. The molecule has 0 aromatic rings. The van der Waals surface area contributed by atoms with Gasteiger partial charge in [0.2, 0.25) is 0 Å². The summed E-state index contributed by atoms with van der Waals surface area (Å²) in [4.78, 5) is 9.47. The Morgan fingerprint density at radius 2 is 1.38 bits per heavy atom. The van der Waals surface area contributed by atoms with Gasteiger partial charge in [-0.1, -0.05) is 0 Å². The van der Waals surface area contributed by atoms with Gasteiger partial charge in [0.05, 0.1) is 0 Å². The summed E-state index contributed by atoms with van der Waals surface area (Å²) in [7, 11) is 0. The van der Waals surface area contributed by atoms with Crippen molar-refractivity contribution in [3.05, 3.63) is 0 Å². The first-order valence-corrected chi connectivity index (χ1v) is 1.54. The Bertz CT molecular complexity index is 53.2. The van der Waals surface area contributed by atoms with Crippen molar-refractivity contribution in [2.75, 3.05) is 0 Å². The molecule has 0 aliphatic rings. The molecule has 40 valence electrons. The summed E-state index contributed by atoms with van der Waals surface area (Å²) < 4.78 is 6.76. The van der Waals surface area contributed by atoms with Crippen molar-refractivity contribution in [3.63, 3.8) is 0 Å². The molecule has 3 nitrogen and oxygen atoms in total. The number of carbonyl (C=O) groups is 1. The third-order valence-corrected chi connectivity index (χ3v) is 0.378. The Hall–Kier alpha value is 1.85. The summed E-state index contributed by atoms with van der Waals surface area (Å²) >= 11 is 8.79. The van der Waals surface area contributed by atoms with Crippen molar-refractivity contribution in [1.29, 1.82) is 0 Å². The fourth-order valence-corrected chi connectivity index (χ4v) is 0.107. The molecule has 0 radical (unpaired) electrons. The van der Waals surface area contributed by atoms with E-state index < -0.39 is 6.16 Å². The Morgan fingerprint density at radius 1 is 1.12 bits per heavy atom. The maximum atomic E-state index is 9.47. The Kier molecular flexibility index (Phi) is 23.9. The van der Waals surface area contributed by atoms with Crippen LogP contribution in [0.3, 0.4) is 0 Å². The fraction of sp³-hybridized carbons (Fsp3) is 0. The molecule has 0 aliphatic heterocycles. The molecule has 0 unspecified atom stereocenters. The number of rotatable bonds is 0. The van der Waals surface area contributed by atoms with Gasteiger partial charge in [-0.3, -0.25) is 0 Å². The first kappa shape index (κ1) is 16.4. The van der Waals surface area contributed by atoms with E-state index in [9.17, 15) is 4.79 Å². The van der Waals surface area contributed by atoms with Gasteiger partial charge in [0, 0.05) is 0 Å². The van der Waals surface area contributed by atoms with E-state index in [0.717, 1.165) is 0 Å². The van der Waals surface area contributed by atoms with E-state index in [4.69, 9.17) is 0 Å². The quantitative estimate of drug-likeness (QED) is 0.496. The van der Waals surface area contributed by atoms with Crippen LogP contribution < -0.4 is 0 Å². The van der Waals surface area contributed by atoms with Crippen LogP contribution in [-0.2, 0) is 8.58 Å². The second-order valence-electron chi connectivity index (χ2n) is 0.404. The van der Waals surface area contributed by atoms with Crippen LogP contribution >= 0.6 is 23.7 Å². The van der Waals surface area contributed by atoms with Crippen LogP contribution in [0.4, 0.5) is 4.79 Å². The zero-order valence-electron chi connectivity index (χ0n) is 2.48. The van der Waals surface area contributed by atoms with Crippen molar-refractivity contribution >= 4 is 89.0 Å². The minimum absolute atomic E-state index is 0. The molecule has 0 N–H and O–H groups in total. The van der Waals surface area contributed by atoms with Gasteiger partial charge in [-0.2, -0.15) is 0 Å². The van der Waals surface area contributed by atoms with Crippen LogP contribution in [0.5, 0.6) is 0 Å². The monoisotopic (exact) mass is 178 g/mol. The van der Waals surface area contributed by atoms with Gasteiger partial charge in [0.15, 0.2) is 0 Å². The predicted molar refractivity (Wildman–Crippen MR) is 33.6 cm³/mol. The Morgan fingerprint density at radius 3 is 1.38 bits per heavy atom. The van der Waals surface area contributed by atoms with E-state index in [-0.39, 0.29) is 59.1 Å². The van der Waals surface area contributed by atoms with E-state index >= 15 is 0 Å². The molecule has 0 aromatic heterocycles. The van der Waals surface area contributed by atoms with Crippen molar-refractivity contribution < 1.29 is 13.4 Å². The molecule has 0 saturated carbocycles. The fourth-order valence-electron chi connectivity index (χ4n) is 0.0119. The molecule has 0 fully saturated rings. The summed E-state index contributed by atoms with van der Waals surface area (Å²) in [6, 6.07) is 0.